The van der Waals surface area contributed by atoms with Gasteiger partial charge in [-0.15, -0.1) is 11.3 Å². The Morgan fingerprint density at radius 2 is 1.79 bits per heavy atom. The molecule has 1 aliphatic heterocycles. The number of para-hydroxylation sites is 1. The summed E-state index contributed by atoms with van der Waals surface area (Å²) in [6.07, 6.45) is 0.0473. The summed E-state index contributed by atoms with van der Waals surface area (Å²) in [5.74, 6) is -1.89. The maximum Gasteiger partial charge on any atom is 0.353 e. The quantitative estimate of drug-likeness (QED) is 0.298. The van der Waals surface area contributed by atoms with Gasteiger partial charge in [0.2, 0.25) is 5.91 Å². The van der Waals surface area contributed by atoms with E-state index in [-0.39, 0.29) is 24.7 Å². The third kappa shape index (κ3) is 5.18. The van der Waals surface area contributed by atoms with Gasteiger partial charge in [0.25, 0.3) is 0 Å². The lowest BCUT2D eigenvalue weighted by molar-refractivity contribution is -0.147. The lowest BCUT2D eigenvalue weighted by Gasteiger charge is -2.18. The van der Waals surface area contributed by atoms with Gasteiger partial charge in [0.05, 0.1) is 5.92 Å². The van der Waals surface area contributed by atoms with E-state index in [4.69, 9.17) is 9.47 Å². The fourth-order valence-electron chi connectivity index (χ4n) is 3.56. The molecule has 1 fully saturated rings. The Kier molecular flexibility index (Phi) is 6.65. The largest absolute Gasteiger partial charge is 0.457 e. The van der Waals surface area contributed by atoms with E-state index in [0.29, 0.717) is 16.2 Å². The van der Waals surface area contributed by atoms with Gasteiger partial charge in [0, 0.05) is 24.2 Å². The Morgan fingerprint density at radius 1 is 1.03 bits per heavy atom. The number of aryl methyl sites for hydroxylation is 1. The fourth-order valence-corrected chi connectivity index (χ4v) is 4.16. The molecule has 1 amide bonds. The molecule has 3 aromatic rings. The van der Waals surface area contributed by atoms with Crippen molar-refractivity contribution in [3.63, 3.8) is 0 Å². The van der Waals surface area contributed by atoms with E-state index in [1.165, 1.54) is 35.6 Å². The fraction of sp³-hybridized carbons (Fsp3) is 0.200. The Hall–Kier alpha value is -3.78. The van der Waals surface area contributed by atoms with Crippen molar-refractivity contribution in [2.45, 2.75) is 13.3 Å². The Bertz CT molecular complexity index is 1190. The van der Waals surface area contributed by atoms with Crippen LogP contribution in [0.3, 0.4) is 0 Å². The van der Waals surface area contributed by atoms with Crippen molar-refractivity contribution in [1.29, 1.82) is 0 Å². The van der Waals surface area contributed by atoms with Crippen LogP contribution in [0.25, 0.3) is 0 Å². The van der Waals surface area contributed by atoms with Gasteiger partial charge in [-0.3, -0.25) is 14.4 Å². The lowest BCUT2D eigenvalue weighted by Crippen LogP contribution is -2.27. The van der Waals surface area contributed by atoms with Crippen LogP contribution in [0.2, 0.25) is 0 Å². The normalized spacial score (nSPS) is 15.4. The molecule has 0 bridgehead atoms. The zero-order chi connectivity index (χ0) is 23.4. The third-order valence-corrected chi connectivity index (χ3v) is 6.17. The molecule has 1 aliphatic rings. The molecule has 0 radical (unpaired) electrons. The number of ketones is 1. The molecule has 0 aliphatic carbocycles. The van der Waals surface area contributed by atoms with Gasteiger partial charge in [0.15, 0.2) is 12.4 Å². The summed E-state index contributed by atoms with van der Waals surface area (Å²) in [5, 5.41) is 1.78. The number of nitrogens with zero attached hydrogens (tertiary/aromatic N) is 1. The summed E-state index contributed by atoms with van der Waals surface area (Å²) in [4.78, 5) is 51.3. The van der Waals surface area contributed by atoms with Gasteiger partial charge in [-0.25, -0.2) is 4.79 Å². The standard InChI is InChI=1S/C25H21NO6S/c1-16-5-2-3-6-20(16)26-14-18(13-23(26)28)24(29)31-15-21(27)17-8-10-19(11-9-17)32-25(30)22-7-4-12-33-22/h2-12,18H,13-15H2,1H3/t18-/m1/s1. The topological polar surface area (TPSA) is 90.0 Å². The van der Waals surface area contributed by atoms with E-state index in [1.54, 1.807) is 22.4 Å². The van der Waals surface area contributed by atoms with Gasteiger partial charge in [0.1, 0.15) is 10.6 Å². The van der Waals surface area contributed by atoms with Crippen LogP contribution >= 0.6 is 11.3 Å². The highest BCUT2D eigenvalue weighted by atomic mass is 32.1. The lowest BCUT2D eigenvalue weighted by atomic mass is 10.1. The molecule has 8 heteroatoms. The molecule has 168 valence electrons. The van der Waals surface area contributed by atoms with Crippen LogP contribution in [0.15, 0.2) is 66.0 Å². The van der Waals surface area contributed by atoms with Crippen LogP contribution in [0, 0.1) is 12.8 Å². The van der Waals surface area contributed by atoms with Crippen molar-refractivity contribution in [1.82, 2.24) is 0 Å². The van der Waals surface area contributed by atoms with Gasteiger partial charge >= 0.3 is 11.9 Å². The second kappa shape index (κ2) is 9.79. The Balaban J connectivity index is 1.29. The van der Waals surface area contributed by atoms with E-state index >= 15 is 0 Å². The second-order valence-electron chi connectivity index (χ2n) is 7.61. The highest BCUT2D eigenvalue weighted by molar-refractivity contribution is 7.12. The smallest absolute Gasteiger partial charge is 0.353 e. The number of benzene rings is 2. The summed E-state index contributed by atoms with van der Waals surface area (Å²) in [6.45, 7) is 1.70. The van der Waals surface area contributed by atoms with Gasteiger partial charge in [-0.2, -0.15) is 0 Å². The van der Waals surface area contributed by atoms with Crippen molar-refractivity contribution in [3.05, 3.63) is 82.0 Å². The number of esters is 2. The SMILES string of the molecule is Cc1ccccc1N1C[C@H](C(=O)OCC(=O)c2ccc(OC(=O)c3cccs3)cc2)CC1=O. The summed E-state index contributed by atoms with van der Waals surface area (Å²) in [6, 6.07) is 16.9. The minimum atomic E-state index is -0.621. The first-order valence-electron chi connectivity index (χ1n) is 10.3. The number of carbonyl (C=O) groups excluding carboxylic acids is 4. The molecular weight excluding hydrogens is 442 g/mol. The number of hydrogen-bond acceptors (Lipinski definition) is 7. The molecule has 0 spiro atoms. The van der Waals surface area contributed by atoms with Crippen molar-refractivity contribution in [2.75, 3.05) is 18.1 Å². The van der Waals surface area contributed by atoms with Crippen molar-refractivity contribution < 1.29 is 28.7 Å². The number of rotatable bonds is 7. The van der Waals surface area contributed by atoms with Gasteiger partial charge in [-0.05, 0) is 54.3 Å². The summed E-state index contributed by atoms with van der Waals surface area (Å²) in [7, 11) is 0. The first kappa shape index (κ1) is 22.4. The molecule has 1 aromatic heterocycles. The maximum absolute atomic E-state index is 12.5. The van der Waals surface area contributed by atoms with E-state index in [0.717, 1.165) is 11.3 Å². The van der Waals surface area contributed by atoms with Crippen LogP contribution in [-0.2, 0) is 14.3 Å². The average molecular weight is 464 g/mol. The predicted octanol–water partition coefficient (Wildman–Crippen LogP) is 4.05. The van der Waals surface area contributed by atoms with Crippen LogP contribution in [0.4, 0.5) is 5.69 Å². The number of Topliss-reactive ketones (excluding diaryl/α,β-unsaturated/α-hetero) is 1. The van der Waals surface area contributed by atoms with E-state index in [2.05, 4.69) is 0 Å². The first-order valence-corrected chi connectivity index (χ1v) is 11.2. The zero-order valence-electron chi connectivity index (χ0n) is 17.9. The Morgan fingerprint density at radius 3 is 2.48 bits per heavy atom. The van der Waals surface area contributed by atoms with E-state index in [9.17, 15) is 19.2 Å². The number of carbonyl (C=O) groups is 4. The van der Waals surface area contributed by atoms with Crippen LogP contribution in [0.1, 0.15) is 32.0 Å². The van der Waals surface area contributed by atoms with Gasteiger partial charge in [-0.1, -0.05) is 24.3 Å². The van der Waals surface area contributed by atoms with Crippen LogP contribution < -0.4 is 9.64 Å². The molecule has 4 rings (SSSR count). The molecule has 2 aromatic carbocycles. The maximum atomic E-state index is 12.5. The average Bonchev–Trinajstić information content (AvgIpc) is 3.48. The van der Waals surface area contributed by atoms with Crippen molar-refractivity contribution >= 4 is 40.7 Å². The molecule has 33 heavy (non-hydrogen) atoms. The number of amides is 1. The minimum Gasteiger partial charge on any atom is -0.457 e. The third-order valence-electron chi connectivity index (χ3n) is 5.32. The molecule has 0 N–H and O–H groups in total. The van der Waals surface area contributed by atoms with E-state index in [1.807, 2.05) is 31.2 Å². The molecule has 2 heterocycles. The number of hydrogen-bond donors (Lipinski definition) is 0. The highest BCUT2D eigenvalue weighted by Gasteiger charge is 2.36. The number of ether oxygens (including phenoxy) is 2. The Labute approximate surface area is 194 Å². The molecule has 7 nitrogen and oxygen atoms in total. The number of thiophene rings is 1. The zero-order valence-corrected chi connectivity index (χ0v) is 18.7. The van der Waals surface area contributed by atoms with Crippen LogP contribution in [0.5, 0.6) is 5.75 Å². The summed E-state index contributed by atoms with van der Waals surface area (Å²) < 4.78 is 10.5. The number of anilines is 1. The van der Waals surface area contributed by atoms with Crippen molar-refractivity contribution in [2.24, 2.45) is 5.92 Å². The predicted molar refractivity (Wildman–Crippen MR) is 123 cm³/mol. The molecule has 1 atom stereocenters. The first-order chi connectivity index (χ1) is 15.9. The minimum absolute atomic E-state index is 0.0473. The van der Waals surface area contributed by atoms with Gasteiger partial charge < -0.3 is 14.4 Å². The molecule has 1 saturated heterocycles. The van der Waals surface area contributed by atoms with Crippen molar-refractivity contribution in [3.8, 4) is 5.75 Å². The molecule has 0 saturated carbocycles. The molecular formula is C25H21NO6S. The monoisotopic (exact) mass is 463 g/mol. The van der Waals surface area contributed by atoms with E-state index < -0.39 is 24.5 Å². The second-order valence-corrected chi connectivity index (χ2v) is 8.56. The van der Waals surface area contributed by atoms with Crippen LogP contribution in [-0.4, -0.2) is 36.8 Å². The molecule has 0 unspecified atom stereocenters. The highest BCUT2D eigenvalue weighted by Crippen LogP contribution is 2.28. The summed E-state index contributed by atoms with van der Waals surface area (Å²) in [5.41, 5.74) is 2.04. The summed E-state index contributed by atoms with van der Waals surface area (Å²) >= 11 is 1.28.